The maximum Gasteiger partial charge on any atom is 0.138 e. The van der Waals surface area contributed by atoms with Crippen LogP contribution >= 0.6 is 0 Å². The van der Waals surface area contributed by atoms with Gasteiger partial charge in [-0.2, -0.15) is 0 Å². The van der Waals surface area contributed by atoms with Gasteiger partial charge < -0.3 is 15.1 Å². The first kappa shape index (κ1) is 13.4. The Morgan fingerprint density at radius 2 is 1.95 bits per heavy atom. The van der Waals surface area contributed by atoms with Crippen molar-refractivity contribution in [2.45, 2.75) is 13.0 Å². The Hall–Kier alpha value is -1.59. The Morgan fingerprint density at radius 1 is 1.20 bits per heavy atom. The first-order valence-electron chi connectivity index (χ1n) is 7.28. The lowest BCUT2D eigenvalue weighted by atomic mass is 10.3. The summed E-state index contributed by atoms with van der Waals surface area (Å²) in [4.78, 5) is 9.54. The van der Waals surface area contributed by atoms with Crippen LogP contribution in [0.5, 0.6) is 0 Å². The number of pyridine rings is 1. The summed E-state index contributed by atoms with van der Waals surface area (Å²) < 4.78 is 2.22. The zero-order chi connectivity index (χ0) is 14.1. The highest BCUT2D eigenvalue weighted by Crippen LogP contribution is 2.21. The van der Waals surface area contributed by atoms with Crippen molar-refractivity contribution < 1.29 is 0 Å². The number of rotatable bonds is 3. The van der Waals surface area contributed by atoms with E-state index in [4.69, 9.17) is 4.98 Å². The van der Waals surface area contributed by atoms with Crippen LogP contribution in [0, 0.1) is 0 Å². The average Bonchev–Trinajstić information content (AvgIpc) is 2.91. The van der Waals surface area contributed by atoms with E-state index < -0.39 is 0 Å². The quantitative estimate of drug-likeness (QED) is 0.916. The van der Waals surface area contributed by atoms with Gasteiger partial charge in [0, 0.05) is 38.4 Å². The summed E-state index contributed by atoms with van der Waals surface area (Å²) >= 11 is 0. The molecule has 1 atom stereocenters. The Kier molecular flexibility index (Phi) is 3.63. The molecule has 1 unspecified atom stereocenters. The minimum absolute atomic E-state index is 0.273. The molecule has 1 aliphatic rings. The number of nitrogens with one attached hydrogen (secondary N) is 1. The molecule has 1 aliphatic heterocycles. The van der Waals surface area contributed by atoms with Gasteiger partial charge in [0.15, 0.2) is 0 Å². The molecule has 0 saturated carbocycles. The monoisotopic (exact) mass is 273 g/mol. The summed E-state index contributed by atoms with van der Waals surface area (Å²) in [6.07, 6.45) is 2.16. The van der Waals surface area contributed by atoms with Gasteiger partial charge in [0.1, 0.15) is 11.5 Å². The van der Waals surface area contributed by atoms with Gasteiger partial charge in [-0.25, -0.2) is 4.98 Å². The van der Waals surface area contributed by atoms with Gasteiger partial charge in [0.05, 0.1) is 5.69 Å². The van der Waals surface area contributed by atoms with Crippen LogP contribution in [0.1, 0.15) is 18.7 Å². The third kappa shape index (κ3) is 2.39. The zero-order valence-corrected chi connectivity index (χ0v) is 12.5. The van der Waals surface area contributed by atoms with Crippen LogP contribution in [0.3, 0.4) is 0 Å². The number of fused-ring (bicyclic) bond motifs is 1. The molecule has 0 aliphatic carbocycles. The number of hydrogen-bond donors (Lipinski definition) is 1. The second-order valence-electron chi connectivity index (χ2n) is 5.58. The maximum absolute atomic E-state index is 4.72. The number of hydrogen-bond acceptors (Lipinski definition) is 4. The van der Waals surface area contributed by atoms with E-state index in [1.807, 2.05) is 7.05 Å². The fraction of sp³-hybridized carbons (Fsp3) is 0.533. The molecule has 0 bridgehead atoms. The number of likely N-dealkylation sites (N-methyl/N-ethyl adjacent to an activating group) is 1. The molecular formula is C15H23N5. The van der Waals surface area contributed by atoms with Gasteiger partial charge in [-0.1, -0.05) is 6.07 Å². The first-order chi connectivity index (χ1) is 9.69. The molecule has 3 heterocycles. The normalized spacial score (nSPS) is 18.6. The molecule has 5 heteroatoms. The van der Waals surface area contributed by atoms with Gasteiger partial charge in [-0.05, 0) is 33.2 Å². The van der Waals surface area contributed by atoms with E-state index in [0.717, 1.165) is 37.5 Å². The Bertz CT molecular complexity index is 583. The van der Waals surface area contributed by atoms with Gasteiger partial charge >= 0.3 is 0 Å². The van der Waals surface area contributed by atoms with Crippen LogP contribution in [0.15, 0.2) is 24.4 Å². The van der Waals surface area contributed by atoms with Crippen LogP contribution in [0.4, 0.5) is 5.82 Å². The van der Waals surface area contributed by atoms with Crippen molar-refractivity contribution >= 4 is 11.5 Å². The fourth-order valence-electron chi connectivity index (χ4n) is 2.66. The predicted molar refractivity (Wildman–Crippen MR) is 82.4 cm³/mol. The SMILES string of the molecule is CNC(C)c1cn2c(N3CCN(C)CC3)cccc2n1. The van der Waals surface area contributed by atoms with E-state index in [-0.39, 0.29) is 6.04 Å². The minimum Gasteiger partial charge on any atom is -0.355 e. The molecule has 0 amide bonds. The molecule has 0 radical (unpaired) electrons. The highest BCUT2D eigenvalue weighted by Gasteiger charge is 2.17. The maximum atomic E-state index is 4.72. The lowest BCUT2D eigenvalue weighted by Crippen LogP contribution is -2.45. The molecule has 2 aromatic rings. The topological polar surface area (TPSA) is 35.8 Å². The predicted octanol–water partition coefficient (Wildman–Crippen LogP) is 1.37. The summed E-state index contributed by atoms with van der Waals surface area (Å²) in [7, 11) is 4.15. The largest absolute Gasteiger partial charge is 0.355 e. The molecule has 20 heavy (non-hydrogen) atoms. The van der Waals surface area contributed by atoms with Crippen molar-refractivity contribution in [3.05, 3.63) is 30.1 Å². The standard InChI is InChI=1S/C15H23N5/c1-12(16-2)13-11-20-14(17-13)5-4-6-15(20)19-9-7-18(3)8-10-19/h4-6,11-12,16H,7-10H2,1-3H3. The number of imidazole rings is 1. The fourth-order valence-corrected chi connectivity index (χ4v) is 2.66. The molecule has 3 rings (SSSR count). The van der Waals surface area contributed by atoms with Crippen LogP contribution in [-0.4, -0.2) is 54.6 Å². The van der Waals surface area contributed by atoms with Crippen molar-refractivity contribution in [2.24, 2.45) is 0 Å². The number of piperazine rings is 1. The van der Waals surface area contributed by atoms with Crippen LogP contribution in [0.25, 0.3) is 5.65 Å². The Balaban J connectivity index is 1.96. The highest BCUT2D eigenvalue weighted by molar-refractivity contribution is 5.53. The van der Waals surface area contributed by atoms with Gasteiger partial charge in [0.2, 0.25) is 0 Å². The number of aromatic nitrogens is 2. The van der Waals surface area contributed by atoms with Crippen molar-refractivity contribution in [3.63, 3.8) is 0 Å². The lowest BCUT2D eigenvalue weighted by molar-refractivity contribution is 0.312. The number of nitrogens with zero attached hydrogens (tertiary/aromatic N) is 4. The summed E-state index contributed by atoms with van der Waals surface area (Å²) in [5.41, 5.74) is 2.12. The second kappa shape index (κ2) is 5.42. The molecule has 0 spiro atoms. The van der Waals surface area contributed by atoms with Crippen molar-refractivity contribution in [2.75, 3.05) is 45.2 Å². The van der Waals surface area contributed by atoms with Crippen molar-refractivity contribution in [3.8, 4) is 0 Å². The molecule has 1 saturated heterocycles. The molecule has 2 aromatic heterocycles. The first-order valence-corrected chi connectivity index (χ1v) is 7.28. The summed E-state index contributed by atoms with van der Waals surface area (Å²) in [6, 6.07) is 6.64. The third-order valence-electron chi connectivity index (χ3n) is 4.19. The lowest BCUT2D eigenvalue weighted by Gasteiger charge is -2.34. The van der Waals surface area contributed by atoms with Gasteiger partial charge in [0.25, 0.3) is 0 Å². The molecule has 0 aromatic carbocycles. The van der Waals surface area contributed by atoms with Crippen LogP contribution in [0.2, 0.25) is 0 Å². The number of anilines is 1. The van der Waals surface area contributed by atoms with E-state index in [1.54, 1.807) is 0 Å². The van der Waals surface area contributed by atoms with E-state index in [1.165, 1.54) is 5.82 Å². The van der Waals surface area contributed by atoms with E-state index in [2.05, 4.69) is 57.9 Å². The van der Waals surface area contributed by atoms with Crippen LogP contribution in [-0.2, 0) is 0 Å². The molecule has 1 N–H and O–H groups in total. The van der Waals surface area contributed by atoms with Gasteiger partial charge in [-0.3, -0.25) is 4.40 Å². The van der Waals surface area contributed by atoms with Crippen molar-refractivity contribution in [1.82, 2.24) is 19.6 Å². The zero-order valence-electron chi connectivity index (χ0n) is 12.5. The van der Waals surface area contributed by atoms with E-state index in [9.17, 15) is 0 Å². The summed E-state index contributed by atoms with van der Waals surface area (Å²) in [5, 5.41) is 3.25. The minimum atomic E-state index is 0.273. The van der Waals surface area contributed by atoms with E-state index in [0.29, 0.717) is 0 Å². The van der Waals surface area contributed by atoms with Crippen LogP contribution < -0.4 is 10.2 Å². The molecule has 1 fully saturated rings. The Labute approximate surface area is 120 Å². The summed E-state index contributed by atoms with van der Waals surface area (Å²) in [6.45, 7) is 6.52. The molecule has 5 nitrogen and oxygen atoms in total. The molecule has 108 valence electrons. The average molecular weight is 273 g/mol. The smallest absolute Gasteiger partial charge is 0.138 e. The van der Waals surface area contributed by atoms with Crippen molar-refractivity contribution in [1.29, 1.82) is 0 Å². The Morgan fingerprint density at radius 3 is 2.65 bits per heavy atom. The third-order valence-corrected chi connectivity index (χ3v) is 4.19. The second-order valence-corrected chi connectivity index (χ2v) is 5.58. The van der Waals surface area contributed by atoms with E-state index >= 15 is 0 Å². The molecular weight excluding hydrogens is 250 g/mol. The highest BCUT2D eigenvalue weighted by atomic mass is 15.3. The van der Waals surface area contributed by atoms with Gasteiger partial charge in [-0.15, -0.1) is 0 Å². The summed E-state index contributed by atoms with van der Waals surface area (Å²) in [5.74, 6) is 1.25.